The molecule has 0 spiro atoms. The number of urea groups is 1. The summed E-state index contributed by atoms with van der Waals surface area (Å²) in [6.45, 7) is 2.11. The van der Waals surface area contributed by atoms with Gasteiger partial charge >= 0.3 is 12.2 Å². The normalized spacial score (nSPS) is 19.2. The molecule has 3 heterocycles. The zero-order valence-electron chi connectivity index (χ0n) is 18.8. The maximum Gasteiger partial charge on any atom is 0.416 e. The first-order chi connectivity index (χ1) is 16.8. The number of hydrogen-bond acceptors (Lipinski definition) is 3. The molecule has 3 aromatic rings. The van der Waals surface area contributed by atoms with Gasteiger partial charge in [-0.2, -0.15) is 13.2 Å². The first-order valence-electron chi connectivity index (χ1n) is 11.5. The van der Waals surface area contributed by atoms with E-state index in [9.17, 15) is 18.0 Å². The van der Waals surface area contributed by atoms with Crippen LogP contribution in [0.3, 0.4) is 0 Å². The number of carbonyl (C=O) groups excluding carboxylic acids is 1. The number of rotatable bonds is 5. The number of nitrogens with one attached hydrogen (secondary N) is 1. The lowest BCUT2D eigenvalue weighted by atomic mass is 9.95. The van der Waals surface area contributed by atoms with Crippen LogP contribution >= 0.6 is 11.6 Å². The molecule has 1 unspecified atom stereocenters. The first-order valence-corrected chi connectivity index (χ1v) is 11.9. The van der Waals surface area contributed by atoms with Crippen molar-refractivity contribution in [3.63, 3.8) is 0 Å². The van der Waals surface area contributed by atoms with Gasteiger partial charge in [-0.15, -0.1) is 0 Å². The molecule has 2 aromatic carbocycles. The van der Waals surface area contributed by atoms with E-state index in [4.69, 9.17) is 11.6 Å². The zero-order valence-corrected chi connectivity index (χ0v) is 19.6. The fourth-order valence-corrected chi connectivity index (χ4v) is 4.99. The number of hydrogen-bond donors (Lipinski definition) is 1. The molecule has 0 radical (unpaired) electrons. The molecular formula is C26H24ClF3N4O. The van der Waals surface area contributed by atoms with Crippen LogP contribution in [0.1, 0.15) is 47.2 Å². The van der Waals surface area contributed by atoms with E-state index in [1.807, 2.05) is 24.3 Å². The van der Waals surface area contributed by atoms with Gasteiger partial charge in [0.15, 0.2) is 0 Å². The van der Waals surface area contributed by atoms with Gasteiger partial charge in [0.2, 0.25) is 0 Å². The Hall–Kier alpha value is -3.26. The van der Waals surface area contributed by atoms with E-state index < -0.39 is 23.8 Å². The summed E-state index contributed by atoms with van der Waals surface area (Å²) in [5.74, 6) is 0.876. The van der Waals surface area contributed by atoms with Crippen LogP contribution in [0.15, 0.2) is 66.9 Å². The number of amides is 2. The Labute approximate surface area is 206 Å². The molecule has 2 aliphatic rings. The highest BCUT2D eigenvalue weighted by atomic mass is 35.5. The van der Waals surface area contributed by atoms with Crippen molar-refractivity contribution in [1.82, 2.24) is 15.2 Å². The van der Waals surface area contributed by atoms with E-state index in [1.165, 1.54) is 6.07 Å². The highest BCUT2D eigenvalue weighted by Crippen LogP contribution is 2.40. The average molecular weight is 501 g/mol. The maximum absolute atomic E-state index is 13.4. The van der Waals surface area contributed by atoms with Crippen molar-refractivity contribution in [1.29, 1.82) is 0 Å². The van der Waals surface area contributed by atoms with Crippen LogP contribution in [0.5, 0.6) is 0 Å². The number of anilines is 1. The summed E-state index contributed by atoms with van der Waals surface area (Å²) in [6, 6.07) is 14.7. The topological polar surface area (TPSA) is 48.5 Å². The second-order valence-electron chi connectivity index (χ2n) is 8.83. The van der Waals surface area contributed by atoms with E-state index in [2.05, 4.69) is 15.2 Å². The Bertz CT molecular complexity index is 1190. The van der Waals surface area contributed by atoms with Crippen LogP contribution in [0.25, 0.3) is 0 Å². The smallest absolute Gasteiger partial charge is 0.357 e. The first kappa shape index (κ1) is 23.5. The lowest BCUT2D eigenvalue weighted by Gasteiger charge is -2.33. The number of halogens is 4. The standard InChI is InChI=1S/C26H24ClF3N4O/c27-21-9-6-17(7-10-21)24(19-8-11-23(31-15-19)33-12-1-2-13-33)34-22(16-32-25(34)35)18-4-3-5-20(14-18)26(28,29)30/h3-11,14-15,22,24H,1-2,12-13,16H2,(H,32,35)/t22-,24?/m1/s1. The number of alkyl halides is 3. The SMILES string of the molecule is O=C1NC[C@H](c2cccc(C(F)(F)F)c2)N1C(c1ccc(Cl)cc1)c1ccc(N2CCCC2)nc1. The number of pyridine rings is 1. The van der Waals surface area contributed by atoms with Crippen molar-refractivity contribution in [2.75, 3.05) is 24.5 Å². The van der Waals surface area contributed by atoms with Crippen LogP contribution in [-0.2, 0) is 6.18 Å². The summed E-state index contributed by atoms with van der Waals surface area (Å²) in [7, 11) is 0. The molecule has 2 fully saturated rings. The van der Waals surface area contributed by atoms with Crippen molar-refractivity contribution in [2.24, 2.45) is 0 Å². The van der Waals surface area contributed by atoms with E-state index in [0.717, 1.165) is 55.0 Å². The Kier molecular flexibility index (Phi) is 6.32. The zero-order chi connectivity index (χ0) is 24.6. The van der Waals surface area contributed by atoms with E-state index in [-0.39, 0.29) is 12.6 Å². The van der Waals surface area contributed by atoms with Gasteiger partial charge in [0.25, 0.3) is 0 Å². The second-order valence-corrected chi connectivity index (χ2v) is 9.27. The Balaban J connectivity index is 1.56. The lowest BCUT2D eigenvalue weighted by Crippen LogP contribution is -2.35. The minimum atomic E-state index is -4.47. The molecule has 0 bridgehead atoms. The molecule has 2 saturated heterocycles. The van der Waals surface area contributed by atoms with Crippen LogP contribution < -0.4 is 10.2 Å². The van der Waals surface area contributed by atoms with Crippen LogP contribution in [0, 0.1) is 0 Å². The summed E-state index contributed by atoms with van der Waals surface area (Å²) >= 11 is 6.11. The van der Waals surface area contributed by atoms with Crippen molar-refractivity contribution in [3.8, 4) is 0 Å². The second kappa shape index (κ2) is 9.41. The van der Waals surface area contributed by atoms with Crippen LogP contribution in [0.2, 0.25) is 5.02 Å². The lowest BCUT2D eigenvalue weighted by molar-refractivity contribution is -0.137. The van der Waals surface area contributed by atoms with Gasteiger partial charge < -0.3 is 15.1 Å². The highest BCUT2D eigenvalue weighted by molar-refractivity contribution is 6.30. The van der Waals surface area contributed by atoms with E-state index >= 15 is 0 Å². The molecule has 5 rings (SSSR count). The van der Waals surface area contributed by atoms with Gasteiger partial charge in [-0.05, 0) is 59.9 Å². The van der Waals surface area contributed by atoms with E-state index in [0.29, 0.717) is 10.6 Å². The van der Waals surface area contributed by atoms with Gasteiger partial charge in [-0.1, -0.05) is 41.9 Å². The number of nitrogens with zero attached hydrogens (tertiary/aromatic N) is 3. The third-order valence-corrected chi connectivity index (χ3v) is 6.85. The quantitative estimate of drug-likeness (QED) is 0.453. The molecule has 1 N–H and O–H groups in total. The van der Waals surface area contributed by atoms with Crippen molar-refractivity contribution in [3.05, 3.63) is 94.1 Å². The molecule has 0 saturated carbocycles. The Morgan fingerprint density at radius 2 is 1.71 bits per heavy atom. The predicted molar refractivity (Wildman–Crippen MR) is 128 cm³/mol. The molecule has 2 aliphatic heterocycles. The molecule has 182 valence electrons. The highest BCUT2D eigenvalue weighted by Gasteiger charge is 2.40. The largest absolute Gasteiger partial charge is 0.416 e. The fraction of sp³-hybridized carbons (Fsp3) is 0.308. The number of carbonyl (C=O) groups is 1. The minimum Gasteiger partial charge on any atom is -0.357 e. The van der Waals surface area contributed by atoms with Gasteiger partial charge in [0.1, 0.15) is 5.82 Å². The third kappa shape index (κ3) is 4.80. The average Bonchev–Trinajstić information content (AvgIpc) is 3.51. The van der Waals surface area contributed by atoms with Crippen LogP contribution in [-0.4, -0.2) is 35.5 Å². The molecule has 9 heteroatoms. The summed E-state index contributed by atoms with van der Waals surface area (Å²) < 4.78 is 40.2. The minimum absolute atomic E-state index is 0.198. The fourth-order valence-electron chi connectivity index (χ4n) is 4.86. The summed E-state index contributed by atoms with van der Waals surface area (Å²) in [4.78, 5) is 21.6. The summed E-state index contributed by atoms with van der Waals surface area (Å²) in [6.07, 6.45) is -0.462. The third-order valence-electron chi connectivity index (χ3n) is 6.60. The molecule has 0 aliphatic carbocycles. The molecule has 5 nitrogen and oxygen atoms in total. The van der Waals surface area contributed by atoms with Gasteiger partial charge in [0.05, 0.1) is 17.6 Å². The summed E-state index contributed by atoms with van der Waals surface area (Å²) in [5, 5.41) is 3.37. The maximum atomic E-state index is 13.4. The Morgan fingerprint density at radius 1 is 1.00 bits per heavy atom. The van der Waals surface area contributed by atoms with E-state index in [1.54, 1.807) is 29.3 Å². The van der Waals surface area contributed by atoms with Gasteiger partial charge in [0, 0.05) is 30.9 Å². The molecule has 2 amide bonds. The van der Waals surface area contributed by atoms with Crippen molar-refractivity contribution >= 4 is 23.4 Å². The Morgan fingerprint density at radius 3 is 2.37 bits per heavy atom. The molecule has 1 aromatic heterocycles. The summed E-state index contributed by atoms with van der Waals surface area (Å²) in [5.41, 5.74) is 1.23. The molecular weight excluding hydrogens is 477 g/mol. The van der Waals surface area contributed by atoms with Gasteiger partial charge in [-0.25, -0.2) is 9.78 Å². The molecule has 2 atom stereocenters. The molecule has 35 heavy (non-hydrogen) atoms. The van der Waals surface area contributed by atoms with Gasteiger partial charge in [-0.3, -0.25) is 0 Å². The number of aromatic nitrogens is 1. The number of benzene rings is 2. The van der Waals surface area contributed by atoms with Crippen molar-refractivity contribution in [2.45, 2.75) is 31.1 Å². The monoisotopic (exact) mass is 500 g/mol. The van der Waals surface area contributed by atoms with Crippen molar-refractivity contribution < 1.29 is 18.0 Å². The van der Waals surface area contributed by atoms with Crippen LogP contribution in [0.4, 0.5) is 23.8 Å². The predicted octanol–water partition coefficient (Wildman–Crippen LogP) is 6.21.